The predicted octanol–water partition coefficient (Wildman–Crippen LogP) is 2.98. The van der Waals surface area contributed by atoms with Crippen molar-refractivity contribution in [3.8, 4) is 5.75 Å². The van der Waals surface area contributed by atoms with Gasteiger partial charge in [0, 0.05) is 18.6 Å². The Morgan fingerprint density at radius 3 is 2.81 bits per heavy atom. The molecule has 0 amide bonds. The molecule has 2 atom stereocenters. The number of rotatable bonds is 3. The molecule has 1 aromatic carbocycles. The maximum absolute atomic E-state index is 10.3. The lowest BCUT2D eigenvalue weighted by molar-refractivity contribution is 0.106. The van der Waals surface area contributed by atoms with Crippen LogP contribution in [0.15, 0.2) is 30.5 Å². The van der Waals surface area contributed by atoms with Crippen LogP contribution in [0.25, 0.3) is 10.8 Å². The highest BCUT2D eigenvalue weighted by atomic mass is 16.5. The van der Waals surface area contributed by atoms with E-state index >= 15 is 0 Å². The van der Waals surface area contributed by atoms with Crippen LogP contribution in [-0.4, -0.2) is 36.4 Å². The van der Waals surface area contributed by atoms with Crippen LogP contribution in [-0.2, 0) is 0 Å². The first-order valence-corrected chi connectivity index (χ1v) is 7.54. The number of methoxy groups -OCH3 is 1. The molecule has 1 aromatic heterocycles. The first-order valence-electron chi connectivity index (χ1n) is 7.54. The highest BCUT2D eigenvalue weighted by Crippen LogP contribution is 2.31. The number of anilines is 1. The molecule has 0 radical (unpaired) electrons. The zero-order valence-corrected chi connectivity index (χ0v) is 12.6. The molecule has 21 heavy (non-hydrogen) atoms. The lowest BCUT2D eigenvalue weighted by atomic mass is 9.91. The molecule has 1 aliphatic rings. The van der Waals surface area contributed by atoms with Crippen molar-refractivity contribution in [1.82, 2.24) is 4.98 Å². The summed E-state index contributed by atoms with van der Waals surface area (Å²) in [7, 11) is 3.70. The number of aliphatic hydroxyl groups is 1. The molecule has 1 saturated carbocycles. The summed E-state index contributed by atoms with van der Waals surface area (Å²) < 4.78 is 5.33. The van der Waals surface area contributed by atoms with Crippen molar-refractivity contribution in [2.75, 3.05) is 19.1 Å². The summed E-state index contributed by atoms with van der Waals surface area (Å²) in [4.78, 5) is 6.68. The van der Waals surface area contributed by atoms with Gasteiger partial charge >= 0.3 is 0 Å². The SMILES string of the molecule is COc1ccc2ccnc(N(C)C3CCCCC3O)c2c1. The Morgan fingerprint density at radius 2 is 2.05 bits per heavy atom. The molecule has 0 bridgehead atoms. The van der Waals surface area contributed by atoms with E-state index in [9.17, 15) is 5.11 Å². The normalized spacial score (nSPS) is 22.2. The Labute approximate surface area is 125 Å². The van der Waals surface area contributed by atoms with Crippen molar-refractivity contribution >= 4 is 16.6 Å². The summed E-state index contributed by atoms with van der Waals surface area (Å²) in [5.74, 6) is 1.74. The molecular weight excluding hydrogens is 264 g/mol. The van der Waals surface area contributed by atoms with Crippen LogP contribution >= 0.6 is 0 Å². The Bertz CT molecular complexity index is 629. The lowest BCUT2D eigenvalue weighted by Gasteiger charge is -2.36. The lowest BCUT2D eigenvalue weighted by Crippen LogP contribution is -2.43. The van der Waals surface area contributed by atoms with Crippen LogP contribution in [0.1, 0.15) is 25.7 Å². The predicted molar refractivity (Wildman–Crippen MR) is 85.0 cm³/mol. The van der Waals surface area contributed by atoms with Crippen LogP contribution < -0.4 is 9.64 Å². The number of pyridine rings is 1. The third kappa shape index (κ3) is 2.68. The van der Waals surface area contributed by atoms with Crippen molar-refractivity contribution in [3.05, 3.63) is 30.5 Å². The van der Waals surface area contributed by atoms with Crippen LogP contribution in [0.2, 0.25) is 0 Å². The molecule has 1 heterocycles. The third-order valence-electron chi connectivity index (χ3n) is 4.48. The quantitative estimate of drug-likeness (QED) is 0.942. The Balaban J connectivity index is 2.02. The Kier molecular flexibility index (Phi) is 3.97. The van der Waals surface area contributed by atoms with Gasteiger partial charge in [0.05, 0.1) is 19.3 Å². The third-order valence-corrected chi connectivity index (χ3v) is 4.48. The second kappa shape index (κ2) is 5.90. The van der Waals surface area contributed by atoms with Crippen molar-refractivity contribution in [2.24, 2.45) is 0 Å². The van der Waals surface area contributed by atoms with E-state index < -0.39 is 0 Å². The summed E-state index contributed by atoms with van der Waals surface area (Å²) >= 11 is 0. The second-order valence-corrected chi connectivity index (χ2v) is 5.75. The zero-order valence-electron chi connectivity index (χ0n) is 12.6. The highest BCUT2D eigenvalue weighted by molar-refractivity contribution is 5.93. The van der Waals surface area contributed by atoms with Gasteiger partial charge in [0.15, 0.2) is 0 Å². The van der Waals surface area contributed by atoms with E-state index in [1.165, 1.54) is 6.42 Å². The molecule has 4 heteroatoms. The number of likely N-dealkylation sites (N-methyl/N-ethyl adjacent to an activating group) is 1. The summed E-state index contributed by atoms with van der Waals surface area (Å²) in [6.07, 6.45) is 5.73. The number of fused-ring (bicyclic) bond motifs is 1. The van der Waals surface area contributed by atoms with E-state index in [1.54, 1.807) is 7.11 Å². The smallest absolute Gasteiger partial charge is 0.136 e. The van der Waals surface area contributed by atoms with E-state index in [4.69, 9.17) is 4.74 Å². The summed E-state index contributed by atoms with van der Waals surface area (Å²) in [5.41, 5.74) is 0. The molecule has 2 aromatic rings. The molecule has 4 nitrogen and oxygen atoms in total. The first kappa shape index (κ1) is 14.1. The molecule has 1 fully saturated rings. The molecule has 0 saturated heterocycles. The van der Waals surface area contributed by atoms with E-state index in [0.717, 1.165) is 41.6 Å². The Hall–Kier alpha value is -1.81. The van der Waals surface area contributed by atoms with Crippen molar-refractivity contribution < 1.29 is 9.84 Å². The molecule has 1 aliphatic carbocycles. The van der Waals surface area contributed by atoms with Gasteiger partial charge in [0.1, 0.15) is 11.6 Å². The molecule has 2 unspecified atom stereocenters. The molecular formula is C17H22N2O2. The molecule has 1 N–H and O–H groups in total. The number of benzene rings is 1. The zero-order chi connectivity index (χ0) is 14.8. The molecule has 0 spiro atoms. The fraction of sp³-hybridized carbons (Fsp3) is 0.471. The maximum Gasteiger partial charge on any atom is 0.136 e. The minimum atomic E-state index is -0.272. The second-order valence-electron chi connectivity index (χ2n) is 5.75. The number of hydrogen-bond acceptors (Lipinski definition) is 4. The number of aliphatic hydroxyl groups excluding tert-OH is 1. The van der Waals surface area contributed by atoms with Crippen molar-refractivity contribution in [2.45, 2.75) is 37.8 Å². The fourth-order valence-corrected chi connectivity index (χ4v) is 3.24. The summed E-state index contributed by atoms with van der Waals surface area (Å²) in [6, 6.07) is 8.17. The van der Waals surface area contributed by atoms with E-state index in [-0.39, 0.29) is 12.1 Å². The largest absolute Gasteiger partial charge is 0.497 e. The number of ether oxygens (including phenoxy) is 1. The van der Waals surface area contributed by atoms with Gasteiger partial charge in [-0.3, -0.25) is 0 Å². The number of aromatic nitrogens is 1. The van der Waals surface area contributed by atoms with E-state index in [2.05, 4.69) is 9.88 Å². The minimum absolute atomic E-state index is 0.142. The summed E-state index contributed by atoms with van der Waals surface area (Å²) in [6.45, 7) is 0. The number of hydrogen-bond donors (Lipinski definition) is 1. The molecule has 3 rings (SSSR count). The van der Waals surface area contributed by atoms with Crippen molar-refractivity contribution in [3.63, 3.8) is 0 Å². The average Bonchev–Trinajstić information content (AvgIpc) is 2.53. The van der Waals surface area contributed by atoms with Gasteiger partial charge in [0.25, 0.3) is 0 Å². The van der Waals surface area contributed by atoms with Gasteiger partial charge in [-0.1, -0.05) is 18.9 Å². The molecule has 112 valence electrons. The first-order chi connectivity index (χ1) is 10.2. The highest BCUT2D eigenvalue weighted by Gasteiger charge is 2.28. The van der Waals surface area contributed by atoms with Crippen LogP contribution in [0.3, 0.4) is 0 Å². The minimum Gasteiger partial charge on any atom is -0.497 e. The maximum atomic E-state index is 10.3. The average molecular weight is 286 g/mol. The fourth-order valence-electron chi connectivity index (χ4n) is 3.24. The van der Waals surface area contributed by atoms with Gasteiger partial charge in [-0.25, -0.2) is 4.98 Å². The van der Waals surface area contributed by atoms with E-state index in [0.29, 0.717) is 0 Å². The standard InChI is InChI=1S/C17H22N2O2/c1-19(15-5-3-4-6-16(15)20)17-14-11-13(21-2)8-7-12(14)9-10-18-17/h7-11,15-16,20H,3-6H2,1-2H3. The van der Waals surface area contributed by atoms with Crippen molar-refractivity contribution in [1.29, 1.82) is 0 Å². The Morgan fingerprint density at radius 1 is 1.24 bits per heavy atom. The topological polar surface area (TPSA) is 45.6 Å². The van der Waals surface area contributed by atoms with Gasteiger partial charge < -0.3 is 14.7 Å². The van der Waals surface area contributed by atoms with Crippen LogP contribution in [0.5, 0.6) is 5.75 Å². The van der Waals surface area contributed by atoms with Gasteiger partial charge in [-0.05, 0) is 36.4 Å². The van der Waals surface area contributed by atoms with Gasteiger partial charge in [0.2, 0.25) is 0 Å². The van der Waals surface area contributed by atoms with Gasteiger partial charge in [-0.2, -0.15) is 0 Å². The summed E-state index contributed by atoms with van der Waals surface area (Å²) in [5, 5.41) is 12.5. The van der Waals surface area contributed by atoms with E-state index in [1.807, 2.05) is 37.5 Å². The molecule has 0 aliphatic heterocycles. The van der Waals surface area contributed by atoms with Crippen LogP contribution in [0, 0.1) is 0 Å². The number of nitrogens with zero attached hydrogens (tertiary/aromatic N) is 2. The van der Waals surface area contributed by atoms with Gasteiger partial charge in [-0.15, -0.1) is 0 Å². The monoisotopic (exact) mass is 286 g/mol. The van der Waals surface area contributed by atoms with Crippen LogP contribution in [0.4, 0.5) is 5.82 Å².